The molecule has 0 aliphatic carbocycles. The number of methoxy groups -OCH3 is 2. The van der Waals surface area contributed by atoms with E-state index in [4.69, 9.17) is 23.7 Å². The standard InChI is InChI=1S/C27H42N2O9/c1-12-18(13-2)36-22(31)27(9,21(30)17-14-15-19(34-10)20(16-17)35-11)29(24(33)38-26(6,7)8)28-23(32)37-25(3,4)5/h14-16,18H,12-13H2,1-11H3,(H,28,32)/t27-/m1/s1. The first-order valence-electron chi connectivity index (χ1n) is 12.4. The molecule has 11 heteroatoms. The average molecular weight is 539 g/mol. The molecule has 0 aromatic heterocycles. The summed E-state index contributed by atoms with van der Waals surface area (Å²) in [5.74, 6) is -1.36. The number of amides is 2. The number of carbonyl (C=O) groups is 4. The summed E-state index contributed by atoms with van der Waals surface area (Å²) >= 11 is 0. The molecule has 2 amide bonds. The number of hydrazine groups is 1. The second kappa shape index (κ2) is 12.8. The second-order valence-corrected chi connectivity index (χ2v) is 10.7. The topological polar surface area (TPSA) is 130 Å². The minimum Gasteiger partial charge on any atom is -0.493 e. The van der Waals surface area contributed by atoms with Gasteiger partial charge in [-0.2, -0.15) is 5.01 Å². The molecular weight excluding hydrogens is 496 g/mol. The molecule has 0 radical (unpaired) electrons. The Morgan fingerprint density at radius 3 is 1.82 bits per heavy atom. The Balaban J connectivity index is 3.80. The highest BCUT2D eigenvalue weighted by atomic mass is 16.6. The van der Waals surface area contributed by atoms with Gasteiger partial charge in [-0.3, -0.25) is 4.79 Å². The van der Waals surface area contributed by atoms with Gasteiger partial charge in [0.2, 0.25) is 11.3 Å². The Bertz CT molecular complexity index is 1010. The molecule has 11 nitrogen and oxygen atoms in total. The van der Waals surface area contributed by atoms with Gasteiger partial charge in [0.05, 0.1) is 14.2 Å². The first kappa shape index (κ1) is 32.5. The normalized spacial score (nSPS) is 13.2. The van der Waals surface area contributed by atoms with Crippen molar-refractivity contribution in [1.29, 1.82) is 0 Å². The van der Waals surface area contributed by atoms with Crippen molar-refractivity contribution < 1.29 is 42.9 Å². The number of hydrogen-bond donors (Lipinski definition) is 1. The number of nitrogens with zero attached hydrogens (tertiary/aromatic N) is 1. The molecule has 0 saturated carbocycles. The molecule has 0 aliphatic heterocycles. The van der Waals surface area contributed by atoms with Crippen LogP contribution < -0.4 is 14.9 Å². The van der Waals surface area contributed by atoms with Crippen LogP contribution in [-0.2, 0) is 19.0 Å². The summed E-state index contributed by atoms with van der Waals surface area (Å²) in [7, 11) is 2.83. The number of hydrogen-bond acceptors (Lipinski definition) is 9. The van der Waals surface area contributed by atoms with E-state index in [0.717, 1.165) is 0 Å². The lowest BCUT2D eigenvalue weighted by Gasteiger charge is -2.39. The van der Waals surface area contributed by atoms with Crippen molar-refractivity contribution in [3.05, 3.63) is 23.8 Å². The number of esters is 1. The summed E-state index contributed by atoms with van der Waals surface area (Å²) in [5, 5.41) is 0.524. The van der Waals surface area contributed by atoms with E-state index in [2.05, 4.69) is 5.43 Å². The quantitative estimate of drug-likeness (QED) is 0.151. The first-order chi connectivity index (χ1) is 17.4. The molecule has 1 atom stereocenters. The third-order valence-electron chi connectivity index (χ3n) is 5.29. The summed E-state index contributed by atoms with van der Waals surface area (Å²) in [6.07, 6.45) is -1.85. The molecule has 38 heavy (non-hydrogen) atoms. The van der Waals surface area contributed by atoms with Crippen LogP contribution in [0.1, 0.15) is 85.5 Å². The van der Waals surface area contributed by atoms with Crippen molar-refractivity contribution in [2.45, 2.75) is 98.0 Å². The van der Waals surface area contributed by atoms with Gasteiger partial charge >= 0.3 is 18.2 Å². The van der Waals surface area contributed by atoms with Crippen LogP contribution in [-0.4, -0.2) is 66.0 Å². The van der Waals surface area contributed by atoms with Crippen molar-refractivity contribution in [2.24, 2.45) is 0 Å². The highest BCUT2D eigenvalue weighted by molar-refractivity contribution is 6.17. The van der Waals surface area contributed by atoms with E-state index in [1.807, 2.05) is 13.8 Å². The van der Waals surface area contributed by atoms with Gasteiger partial charge in [-0.15, -0.1) is 0 Å². The molecule has 1 aromatic rings. The van der Waals surface area contributed by atoms with Crippen LogP contribution >= 0.6 is 0 Å². The Labute approximate surface area is 225 Å². The van der Waals surface area contributed by atoms with Crippen molar-refractivity contribution >= 4 is 23.9 Å². The molecule has 0 saturated heterocycles. The van der Waals surface area contributed by atoms with Gasteiger partial charge in [0.1, 0.15) is 17.3 Å². The molecule has 0 heterocycles. The molecule has 0 bridgehead atoms. The summed E-state index contributed by atoms with van der Waals surface area (Å²) in [6.45, 7) is 14.5. The number of carbonyl (C=O) groups excluding carboxylic acids is 4. The molecule has 0 aliphatic rings. The molecule has 1 aromatic carbocycles. The molecular formula is C27H42N2O9. The lowest BCUT2D eigenvalue weighted by Crippen LogP contribution is -2.67. The monoisotopic (exact) mass is 538 g/mol. The van der Waals surface area contributed by atoms with E-state index in [0.29, 0.717) is 23.6 Å². The number of Topliss-reactive ketones (excluding diaryl/α,β-unsaturated/α-hetero) is 1. The van der Waals surface area contributed by atoms with Crippen molar-refractivity contribution in [3.63, 3.8) is 0 Å². The predicted octanol–water partition coefficient (Wildman–Crippen LogP) is 5.05. The van der Waals surface area contributed by atoms with Gasteiger partial charge in [0, 0.05) is 5.56 Å². The van der Waals surface area contributed by atoms with Gasteiger partial charge in [0.25, 0.3) is 0 Å². The Kier molecular flexibility index (Phi) is 11.0. The predicted molar refractivity (Wildman–Crippen MR) is 140 cm³/mol. The maximum atomic E-state index is 14.1. The Morgan fingerprint density at radius 2 is 1.37 bits per heavy atom. The number of nitrogens with one attached hydrogen (secondary N) is 1. The minimum absolute atomic E-state index is 0.00815. The zero-order valence-corrected chi connectivity index (χ0v) is 24.3. The fraction of sp³-hybridized carbons (Fsp3) is 0.630. The van der Waals surface area contributed by atoms with Crippen LogP contribution in [0.4, 0.5) is 9.59 Å². The molecule has 0 fully saturated rings. The van der Waals surface area contributed by atoms with E-state index in [-0.39, 0.29) is 11.3 Å². The maximum Gasteiger partial charge on any atom is 0.430 e. The minimum atomic E-state index is -2.40. The molecule has 1 rings (SSSR count). The summed E-state index contributed by atoms with van der Waals surface area (Å²) < 4.78 is 27.0. The number of benzene rings is 1. The third-order valence-corrected chi connectivity index (χ3v) is 5.29. The van der Waals surface area contributed by atoms with Crippen molar-refractivity contribution in [3.8, 4) is 11.5 Å². The molecule has 0 spiro atoms. The maximum absolute atomic E-state index is 14.1. The van der Waals surface area contributed by atoms with Gasteiger partial charge in [-0.05, 0) is 79.5 Å². The highest BCUT2D eigenvalue weighted by Gasteiger charge is 2.54. The molecule has 214 valence electrons. The highest BCUT2D eigenvalue weighted by Crippen LogP contribution is 2.32. The largest absolute Gasteiger partial charge is 0.493 e. The van der Waals surface area contributed by atoms with Gasteiger partial charge in [0.15, 0.2) is 11.5 Å². The van der Waals surface area contributed by atoms with Crippen LogP contribution in [0.15, 0.2) is 18.2 Å². The summed E-state index contributed by atoms with van der Waals surface area (Å²) in [6, 6.07) is 4.26. The van der Waals surface area contributed by atoms with Crippen LogP contribution in [0.2, 0.25) is 0 Å². The van der Waals surface area contributed by atoms with Crippen LogP contribution in [0.5, 0.6) is 11.5 Å². The SMILES string of the molecule is CCC(CC)OC(=O)[C@@](C)(C(=O)c1ccc(OC)c(OC)c1)N(NC(=O)OC(C)(C)C)C(=O)OC(C)(C)C. The number of rotatable bonds is 9. The van der Waals surface area contributed by atoms with E-state index in [1.165, 1.54) is 39.3 Å². The van der Waals surface area contributed by atoms with Gasteiger partial charge < -0.3 is 23.7 Å². The smallest absolute Gasteiger partial charge is 0.430 e. The fourth-order valence-corrected chi connectivity index (χ4v) is 3.31. The summed E-state index contributed by atoms with van der Waals surface area (Å²) in [4.78, 5) is 54.0. The first-order valence-corrected chi connectivity index (χ1v) is 12.4. The van der Waals surface area contributed by atoms with E-state index in [9.17, 15) is 19.2 Å². The van der Waals surface area contributed by atoms with E-state index in [1.54, 1.807) is 41.5 Å². The van der Waals surface area contributed by atoms with Crippen LogP contribution in [0.3, 0.4) is 0 Å². The second-order valence-electron chi connectivity index (χ2n) is 10.7. The van der Waals surface area contributed by atoms with E-state index < -0.39 is 46.8 Å². The van der Waals surface area contributed by atoms with Crippen LogP contribution in [0.25, 0.3) is 0 Å². The van der Waals surface area contributed by atoms with Crippen LogP contribution in [0, 0.1) is 0 Å². The molecule has 1 N–H and O–H groups in total. The van der Waals surface area contributed by atoms with Crippen molar-refractivity contribution in [2.75, 3.05) is 14.2 Å². The molecule has 0 unspecified atom stereocenters. The van der Waals surface area contributed by atoms with E-state index >= 15 is 0 Å². The fourth-order valence-electron chi connectivity index (χ4n) is 3.31. The number of ether oxygens (including phenoxy) is 5. The Morgan fingerprint density at radius 1 is 0.842 bits per heavy atom. The zero-order valence-electron chi connectivity index (χ0n) is 24.3. The zero-order chi connectivity index (χ0) is 29.5. The number of ketones is 1. The van der Waals surface area contributed by atoms with Crippen molar-refractivity contribution in [1.82, 2.24) is 10.4 Å². The third kappa shape index (κ3) is 8.53. The average Bonchev–Trinajstić information content (AvgIpc) is 2.81. The Hall–Kier alpha value is -3.50. The van der Waals surface area contributed by atoms with Gasteiger partial charge in [-0.25, -0.2) is 19.8 Å². The lowest BCUT2D eigenvalue weighted by molar-refractivity contribution is -0.161. The van der Waals surface area contributed by atoms with Gasteiger partial charge in [-0.1, -0.05) is 13.8 Å². The lowest BCUT2D eigenvalue weighted by atomic mass is 9.90. The summed E-state index contributed by atoms with van der Waals surface area (Å²) in [5.41, 5.74) is -2.13.